The molecule has 0 saturated heterocycles. The van der Waals surface area contributed by atoms with E-state index in [0.717, 1.165) is 0 Å². The summed E-state index contributed by atoms with van der Waals surface area (Å²) in [5, 5.41) is 6.29. The first-order valence-corrected chi connectivity index (χ1v) is 2.95. The lowest BCUT2D eigenvalue weighted by molar-refractivity contribution is 0.404. The Morgan fingerprint density at radius 1 is 1.70 bits per heavy atom. The number of hydrogen-bond donors (Lipinski definition) is 1. The quantitative estimate of drug-likeness (QED) is 0.612. The van der Waals surface area contributed by atoms with Crippen LogP contribution in [-0.4, -0.2) is 23.4 Å². The van der Waals surface area contributed by atoms with Gasteiger partial charge in [-0.1, -0.05) is 5.16 Å². The van der Waals surface area contributed by atoms with Crippen molar-refractivity contribution < 1.29 is 8.91 Å². The average Bonchev–Trinajstić information content (AvgIpc) is 2.41. The molecule has 0 aliphatic rings. The highest BCUT2D eigenvalue weighted by Crippen LogP contribution is 1.85. The molecule has 0 aliphatic carbocycles. The summed E-state index contributed by atoms with van der Waals surface area (Å²) in [6.45, 7) is 0.410. The van der Waals surface area contributed by atoms with Crippen LogP contribution in [0, 0.1) is 0 Å². The van der Waals surface area contributed by atoms with Crippen molar-refractivity contribution in [2.75, 3.05) is 13.2 Å². The number of halogens is 1. The van der Waals surface area contributed by atoms with Gasteiger partial charge in [-0.2, -0.15) is 4.98 Å². The van der Waals surface area contributed by atoms with Crippen molar-refractivity contribution in [3.8, 4) is 0 Å². The summed E-state index contributed by atoms with van der Waals surface area (Å²) in [5.74, 6) is 0.549. The van der Waals surface area contributed by atoms with Crippen LogP contribution in [-0.2, 0) is 6.54 Å². The van der Waals surface area contributed by atoms with Crippen molar-refractivity contribution in [1.82, 2.24) is 15.5 Å². The third kappa shape index (κ3) is 2.10. The molecule has 1 rings (SSSR count). The molecule has 10 heavy (non-hydrogen) atoms. The largest absolute Gasteiger partial charge is 0.343 e. The van der Waals surface area contributed by atoms with Crippen LogP contribution in [0.4, 0.5) is 4.39 Å². The van der Waals surface area contributed by atoms with E-state index in [1.807, 2.05) is 0 Å². The van der Waals surface area contributed by atoms with Gasteiger partial charge in [-0.3, -0.25) is 0 Å². The molecule has 0 fully saturated rings. The van der Waals surface area contributed by atoms with Crippen LogP contribution in [0.5, 0.6) is 0 Å². The van der Waals surface area contributed by atoms with E-state index in [9.17, 15) is 4.39 Å². The molecule has 0 atom stereocenters. The molecule has 1 heterocycles. The van der Waals surface area contributed by atoms with Crippen LogP contribution in [0.2, 0.25) is 0 Å². The molecule has 0 bridgehead atoms. The highest BCUT2D eigenvalue weighted by atomic mass is 19.1. The summed E-state index contributed by atoms with van der Waals surface area (Å²) < 4.78 is 15.9. The van der Waals surface area contributed by atoms with Gasteiger partial charge in [0.05, 0.1) is 6.54 Å². The van der Waals surface area contributed by atoms with E-state index in [1.54, 1.807) is 0 Å². The summed E-state index contributed by atoms with van der Waals surface area (Å²) in [6.07, 6.45) is 1.24. The lowest BCUT2D eigenvalue weighted by atomic mass is 10.6. The number of nitrogens with zero attached hydrogens (tertiary/aromatic N) is 2. The molecule has 1 aromatic heterocycles. The molecule has 0 spiro atoms. The van der Waals surface area contributed by atoms with Gasteiger partial charge in [-0.05, 0) is 0 Å². The molecule has 5 heteroatoms. The van der Waals surface area contributed by atoms with E-state index in [-0.39, 0.29) is 6.67 Å². The molecule has 0 aromatic carbocycles. The fourth-order valence-corrected chi connectivity index (χ4v) is 0.537. The highest BCUT2D eigenvalue weighted by Gasteiger charge is 1.94. The van der Waals surface area contributed by atoms with E-state index in [4.69, 9.17) is 0 Å². The average molecular weight is 145 g/mol. The van der Waals surface area contributed by atoms with Gasteiger partial charge in [0.25, 0.3) is 0 Å². The Morgan fingerprint density at radius 3 is 3.20 bits per heavy atom. The van der Waals surface area contributed by atoms with E-state index < -0.39 is 0 Å². The Balaban J connectivity index is 2.15. The van der Waals surface area contributed by atoms with Crippen molar-refractivity contribution in [3.63, 3.8) is 0 Å². The normalized spacial score (nSPS) is 10.1. The minimum atomic E-state index is -0.377. The zero-order valence-electron chi connectivity index (χ0n) is 5.38. The Labute approximate surface area is 57.4 Å². The molecule has 4 nitrogen and oxygen atoms in total. The third-order valence-electron chi connectivity index (χ3n) is 0.961. The third-order valence-corrected chi connectivity index (χ3v) is 0.961. The Kier molecular flexibility index (Phi) is 2.82. The van der Waals surface area contributed by atoms with E-state index in [1.165, 1.54) is 6.39 Å². The molecule has 0 amide bonds. The first-order chi connectivity index (χ1) is 4.93. The number of nitrogens with one attached hydrogen (secondary N) is 1. The van der Waals surface area contributed by atoms with Crippen molar-refractivity contribution in [2.45, 2.75) is 6.54 Å². The van der Waals surface area contributed by atoms with Crippen LogP contribution >= 0.6 is 0 Å². The van der Waals surface area contributed by atoms with Gasteiger partial charge in [-0.15, -0.1) is 0 Å². The van der Waals surface area contributed by atoms with E-state index in [0.29, 0.717) is 18.9 Å². The summed E-state index contributed by atoms with van der Waals surface area (Å²) in [4.78, 5) is 3.73. The molecule has 0 radical (unpaired) electrons. The fraction of sp³-hybridized carbons (Fsp3) is 0.600. The molecular formula is C5H8FN3O. The van der Waals surface area contributed by atoms with Crippen LogP contribution in [0.25, 0.3) is 0 Å². The Bertz CT molecular complexity index is 165. The fourth-order valence-electron chi connectivity index (χ4n) is 0.537. The number of alkyl halides is 1. The molecule has 0 unspecified atom stereocenters. The van der Waals surface area contributed by atoms with Gasteiger partial charge in [0.15, 0.2) is 5.82 Å². The molecule has 0 saturated carbocycles. The van der Waals surface area contributed by atoms with Crippen LogP contribution in [0.3, 0.4) is 0 Å². The van der Waals surface area contributed by atoms with E-state index in [2.05, 4.69) is 20.0 Å². The lowest BCUT2D eigenvalue weighted by Gasteiger charge is -1.93. The van der Waals surface area contributed by atoms with Crippen LogP contribution < -0.4 is 5.32 Å². The summed E-state index contributed by atoms with van der Waals surface area (Å²) >= 11 is 0. The molecular weight excluding hydrogens is 137 g/mol. The van der Waals surface area contributed by atoms with Crippen molar-refractivity contribution >= 4 is 0 Å². The maximum Gasteiger partial charge on any atom is 0.213 e. The minimum Gasteiger partial charge on any atom is -0.343 e. The molecule has 1 N–H and O–H groups in total. The molecule has 0 aliphatic heterocycles. The second-order valence-electron chi connectivity index (χ2n) is 1.71. The molecule has 56 valence electrons. The summed E-state index contributed by atoms with van der Waals surface area (Å²) in [7, 11) is 0. The Hall–Kier alpha value is -0.970. The van der Waals surface area contributed by atoms with Gasteiger partial charge in [0, 0.05) is 6.54 Å². The number of aromatic nitrogens is 2. The monoisotopic (exact) mass is 145 g/mol. The first kappa shape index (κ1) is 7.14. The lowest BCUT2D eigenvalue weighted by Crippen LogP contribution is -2.16. The van der Waals surface area contributed by atoms with Gasteiger partial charge in [0.1, 0.15) is 6.67 Å². The zero-order valence-corrected chi connectivity index (χ0v) is 5.38. The Morgan fingerprint density at radius 2 is 2.60 bits per heavy atom. The number of rotatable bonds is 4. The minimum absolute atomic E-state index is 0.328. The van der Waals surface area contributed by atoms with Crippen LogP contribution in [0.1, 0.15) is 5.82 Å². The summed E-state index contributed by atoms with van der Waals surface area (Å²) in [6, 6.07) is 0. The highest BCUT2D eigenvalue weighted by molar-refractivity contribution is 4.75. The standard InChI is InChI=1S/C5H8FN3O/c6-1-2-7-3-5-8-4-10-9-5/h4,7H,1-3H2. The summed E-state index contributed by atoms with van der Waals surface area (Å²) in [5.41, 5.74) is 0. The van der Waals surface area contributed by atoms with E-state index >= 15 is 0 Å². The molecule has 1 aromatic rings. The van der Waals surface area contributed by atoms with Gasteiger partial charge < -0.3 is 9.84 Å². The van der Waals surface area contributed by atoms with Crippen molar-refractivity contribution in [2.24, 2.45) is 0 Å². The van der Waals surface area contributed by atoms with Gasteiger partial charge >= 0.3 is 0 Å². The van der Waals surface area contributed by atoms with Gasteiger partial charge in [-0.25, -0.2) is 4.39 Å². The second kappa shape index (κ2) is 3.94. The zero-order chi connectivity index (χ0) is 7.23. The maximum atomic E-state index is 11.5. The predicted octanol–water partition coefficient (Wildman–Crippen LogP) is 0.129. The van der Waals surface area contributed by atoms with Gasteiger partial charge in [0.2, 0.25) is 6.39 Å². The van der Waals surface area contributed by atoms with Crippen molar-refractivity contribution in [3.05, 3.63) is 12.2 Å². The topological polar surface area (TPSA) is 51.0 Å². The van der Waals surface area contributed by atoms with Crippen molar-refractivity contribution in [1.29, 1.82) is 0 Å². The second-order valence-corrected chi connectivity index (χ2v) is 1.71. The predicted molar refractivity (Wildman–Crippen MR) is 32.0 cm³/mol. The smallest absolute Gasteiger partial charge is 0.213 e. The first-order valence-electron chi connectivity index (χ1n) is 2.95. The maximum absolute atomic E-state index is 11.5. The van der Waals surface area contributed by atoms with Crippen LogP contribution in [0.15, 0.2) is 10.9 Å². The number of hydrogen-bond acceptors (Lipinski definition) is 4. The SMILES string of the molecule is FCCNCc1ncon1.